The average molecular weight is 498 g/mol. The molecule has 0 aliphatic carbocycles. The van der Waals surface area contributed by atoms with E-state index in [1.807, 2.05) is 53.4 Å². The van der Waals surface area contributed by atoms with Crippen molar-refractivity contribution in [2.45, 2.75) is 32.4 Å². The van der Waals surface area contributed by atoms with Crippen LogP contribution in [0.15, 0.2) is 84.6 Å². The molecule has 1 atom stereocenters. The maximum absolute atomic E-state index is 15.1. The third-order valence-corrected chi connectivity index (χ3v) is 6.94. The number of nitrogens with one attached hydrogen (secondary N) is 1. The highest BCUT2D eigenvalue weighted by atomic mass is 19.1. The Balaban J connectivity index is 1.66. The Morgan fingerprint density at radius 3 is 2.32 bits per heavy atom. The number of nitrogens with zero attached hydrogens (tertiary/aromatic N) is 2. The molecule has 6 nitrogen and oxygen atoms in total. The van der Waals surface area contributed by atoms with Crippen LogP contribution < -0.4 is 10.2 Å². The van der Waals surface area contributed by atoms with Gasteiger partial charge in [-0.2, -0.15) is 0 Å². The molecule has 188 valence electrons. The summed E-state index contributed by atoms with van der Waals surface area (Å²) in [6.45, 7) is 2.45. The van der Waals surface area contributed by atoms with Gasteiger partial charge in [-0.05, 0) is 42.7 Å². The number of halogens is 1. The lowest BCUT2D eigenvalue weighted by molar-refractivity contribution is -0.127. The zero-order valence-corrected chi connectivity index (χ0v) is 20.6. The highest BCUT2D eigenvalue weighted by Gasteiger charge is 2.35. The van der Waals surface area contributed by atoms with E-state index in [0.717, 1.165) is 12.1 Å². The number of hydrogen-bond donors (Lipinski definition) is 1. The molecule has 0 saturated carbocycles. The van der Waals surface area contributed by atoms with Crippen LogP contribution in [0.1, 0.15) is 42.5 Å². The molecule has 2 heterocycles. The molecule has 0 bridgehead atoms. The quantitative estimate of drug-likeness (QED) is 0.517. The third-order valence-electron chi connectivity index (χ3n) is 6.94. The maximum atomic E-state index is 15.1. The number of hydrogen-bond acceptors (Lipinski definition) is 4. The molecule has 0 aromatic heterocycles. The Bertz CT molecular complexity index is 1370. The number of ketones is 1. The van der Waals surface area contributed by atoms with Gasteiger partial charge in [0.05, 0.1) is 24.4 Å². The van der Waals surface area contributed by atoms with Crippen molar-refractivity contribution in [3.8, 4) is 0 Å². The summed E-state index contributed by atoms with van der Waals surface area (Å²) in [4.78, 5) is 42.9. The van der Waals surface area contributed by atoms with Gasteiger partial charge in [0.15, 0.2) is 5.78 Å². The van der Waals surface area contributed by atoms with E-state index in [0.29, 0.717) is 35.4 Å². The summed E-state index contributed by atoms with van der Waals surface area (Å²) in [6, 6.07) is 22.3. The van der Waals surface area contributed by atoms with E-state index in [1.165, 1.54) is 13.0 Å². The van der Waals surface area contributed by atoms with Crippen molar-refractivity contribution < 1.29 is 18.8 Å². The van der Waals surface area contributed by atoms with Gasteiger partial charge >= 0.3 is 0 Å². The lowest BCUT2D eigenvalue weighted by Gasteiger charge is -2.37. The number of amides is 2. The van der Waals surface area contributed by atoms with E-state index in [-0.39, 0.29) is 30.4 Å². The van der Waals surface area contributed by atoms with Gasteiger partial charge in [0, 0.05) is 24.2 Å². The molecule has 3 aromatic rings. The Morgan fingerprint density at radius 1 is 0.973 bits per heavy atom. The van der Waals surface area contributed by atoms with Crippen molar-refractivity contribution in [3.05, 3.63) is 107 Å². The number of Topliss-reactive ketones (excluding diaryl/α,β-unsaturated/α-hetero) is 1. The molecule has 5 rings (SSSR count). The minimum atomic E-state index is -0.861. The van der Waals surface area contributed by atoms with E-state index >= 15 is 4.39 Å². The number of carbonyl (C=O) groups excluding carboxylic acids is 3. The molecule has 1 fully saturated rings. The summed E-state index contributed by atoms with van der Waals surface area (Å²) in [5.74, 6) is -1.09. The topological polar surface area (TPSA) is 69.7 Å². The summed E-state index contributed by atoms with van der Waals surface area (Å²) in [7, 11) is 0. The molecular weight excluding hydrogens is 469 g/mol. The second kappa shape index (κ2) is 10.4. The summed E-state index contributed by atoms with van der Waals surface area (Å²) in [5, 5.41) is 2.90. The maximum Gasteiger partial charge on any atom is 0.254 e. The predicted octanol–water partition coefficient (Wildman–Crippen LogP) is 4.63. The van der Waals surface area contributed by atoms with Crippen molar-refractivity contribution in [2.75, 3.05) is 18.0 Å². The summed E-state index contributed by atoms with van der Waals surface area (Å²) in [5.41, 5.74) is 3.19. The highest BCUT2D eigenvalue weighted by molar-refractivity contribution is 6.22. The Morgan fingerprint density at radius 2 is 1.68 bits per heavy atom. The first kappa shape index (κ1) is 24.4. The molecule has 2 amide bonds. The molecule has 7 heteroatoms. The number of likely N-dealkylation sites (tertiary alicyclic amines) is 1. The van der Waals surface area contributed by atoms with E-state index in [1.54, 1.807) is 29.2 Å². The Labute approximate surface area is 215 Å². The van der Waals surface area contributed by atoms with Crippen molar-refractivity contribution in [2.24, 2.45) is 0 Å². The van der Waals surface area contributed by atoms with Crippen LogP contribution in [-0.4, -0.2) is 35.6 Å². The fourth-order valence-electron chi connectivity index (χ4n) is 5.09. The molecule has 37 heavy (non-hydrogen) atoms. The summed E-state index contributed by atoms with van der Waals surface area (Å²) >= 11 is 0. The van der Waals surface area contributed by atoms with Crippen LogP contribution in [0.25, 0.3) is 5.57 Å². The number of para-hydroxylation sites is 1. The molecule has 0 spiro atoms. The van der Waals surface area contributed by atoms with Crippen LogP contribution in [0.4, 0.5) is 10.1 Å². The van der Waals surface area contributed by atoms with E-state index in [4.69, 9.17) is 0 Å². The van der Waals surface area contributed by atoms with Crippen molar-refractivity contribution in [3.63, 3.8) is 0 Å². The van der Waals surface area contributed by atoms with Crippen LogP contribution in [0.2, 0.25) is 0 Å². The number of carbonyl (C=O) groups is 3. The largest absolute Gasteiger partial charge is 0.338 e. The second-order valence-corrected chi connectivity index (χ2v) is 9.36. The monoisotopic (exact) mass is 497 g/mol. The molecule has 2 aliphatic heterocycles. The molecule has 1 saturated heterocycles. The average Bonchev–Trinajstić information content (AvgIpc) is 3.32. The molecule has 0 radical (unpaired) electrons. The molecule has 1 N–H and O–H groups in total. The van der Waals surface area contributed by atoms with Gasteiger partial charge in [-0.3, -0.25) is 14.4 Å². The summed E-state index contributed by atoms with van der Waals surface area (Å²) < 4.78 is 15.1. The van der Waals surface area contributed by atoms with Gasteiger partial charge < -0.3 is 15.1 Å². The molecule has 3 aromatic carbocycles. The Kier molecular flexibility index (Phi) is 6.86. The number of rotatable bonds is 7. The minimum Gasteiger partial charge on any atom is -0.338 e. The predicted molar refractivity (Wildman–Crippen MR) is 140 cm³/mol. The van der Waals surface area contributed by atoms with Crippen molar-refractivity contribution in [1.82, 2.24) is 10.2 Å². The first-order valence-corrected chi connectivity index (χ1v) is 12.4. The smallest absolute Gasteiger partial charge is 0.254 e. The Hall–Kier alpha value is -4.26. The first-order chi connectivity index (χ1) is 17.9. The molecular formula is C30H28FN3O3. The SMILES string of the molecule is CC(=O)[C@@H](NC(=O)C1=C(CN2CCCC2=O)N(c2ccccc2)Cc2c(F)cccc21)c1ccccc1. The normalized spacial score (nSPS) is 16.0. The van der Waals surface area contributed by atoms with Gasteiger partial charge in [-0.25, -0.2) is 4.39 Å². The first-order valence-electron chi connectivity index (χ1n) is 12.4. The zero-order chi connectivity index (χ0) is 25.9. The lowest BCUT2D eigenvalue weighted by Crippen LogP contribution is -2.41. The van der Waals surface area contributed by atoms with Gasteiger partial charge in [0.25, 0.3) is 5.91 Å². The van der Waals surface area contributed by atoms with Crippen molar-refractivity contribution >= 4 is 28.9 Å². The van der Waals surface area contributed by atoms with Gasteiger partial charge in [0.2, 0.25) is 5.91 Å². The fraction of sp³-hybridized carbons (Fsp3) is 0.233. The van der Waals surface area contributed by atoms with E-state index in [2.05, 4.69) is 5.32 Å². The number of benzene rings is 3. The van der Waals surface area contributed by atoms with Crippen LogP contribution in [0.3, 0.4) is 0 Å². The zero-order valence-electron chi connectivity index (χ0n) is 20.6. The molecule has 0 unspecified atom stereocenters. The highest BCUT2D eigenvalue weighted by Crippen LogP contribution is 2.37. The number of fused-ring (bicyclic) bond motifs is 1. The van der Waals surface area contributed by atoms with Crippen LogP contribution >= 0.6 is 0 Å². The van der Waals surface area contributed by atoms with Crippen LogP contribution in [0.5, 0.6) is 0 Å². The number of anilines is 1. The summed E-state index contributed by atoms with van der Waals surface area (Å²) in [6.07, 6.45) is 1.22. The van der Waals surface area contributed by atoms with Crippen molar-refractivity contribution in [1.29, 1.82) is 0 Å². The van der Waals surface area contributed by atoms with E-state index in [9.17, 15) is 14.4 Å². The standard InChI is InChI=1S/C30H28FN3O3/c1-20(35)29(21-10-4-2-5-11-21)32-30(37)28-23-14-8-15-25(31)24(23)18-34(22-12-6-3-7-13-22)26(28)19-33-17-9-16-27(33)36/h2-8,10-15,29H,9,16-19H2,1H3,(H,32,37)/t29-/m1/s1. The minimum absolute atomic E-state index is 0.0243. The molecule has 2 aliphatic rings. The van der Waals surface area contributed by atoms with Crippen LogP contribution in [0, 0.1) is 5.82 Å². The second-order valence-electron chi connectivity index (χ2n) is 9.36. The van der Waals surface area contributed by atoms with Gasteiger partial charge in [-0.15, -0.1) is 0 Å². The van der Waals surface area contributed by atoms with E-state index < -0.39 is 17.8 Å². The van der Waals surface area contributed by atoms with Crippen LogP contribution in [-0.2, 0) is 20.9 Å². The lowest BCUT2D eigenvalue weighted by atomic mass is 9.90. The van der Waals surface area contributed by atoms with Gasteiger partial charge in [0.1, 0.15) is 11.9 Å². The van der Waals surface area contributed by atoms with Gasteiger partial charge in [-0.1, -0.05) is 60.7 Å². The fourth-order valence-corrected chi connectivity index (χ4v) is 5.09. The third kappa shape index (κ3) is 4.89.